The maximum Gasteiger partial charge on any atom is 0.166 e. The molecule has 1 aromatic rings. The first-order chi connectivity index (χ1) is 6.49. The van der Waals surface area contributed by atoms with Crippen LogP contribution in [-0.2, 0) is 0 Å². The second-order valence-electron chi connectivity index (χ2n) is 2.89. The minimum atomic E-state index is -1.39. The summed E-state index contributed by atoms with van der Waals surface area (Å²) in [7, 11) is 1.44. The molecule has 14 heavy (non-hydrogen) atoms. The summed E-state index contributed by atoms with van der Waals surface area (Å²) in [5.41, 5.74) is -0.620. The Balaban J connectivity index is 3.39. The number of halogens is 4. The summed E-state index contributed by atoms with van der Waals surface area (Å²) in [6.07, 6.45) is 0. The lowest BCUT2D eigenvalue weighted by molar-refractivity contribution is 0.421. The van der Waals surface area contributed by atoms with E-state index in [-0.39, 0.29) is 6.07 Å². The molecular weight excluding hydrogens is 198 g/mol. The zero-order chi connectivity index (χ0) is 10.9. The van der Waals surface area contributed by atoms with E-state index in [4.69, 9.17) is 0 Å². The van der Waals surface area contributed by atoms with Gasteiger partial charge in [0, 0.05) is 17.7 Å². The molecule has 5 heteroatoms. The van der Waals surface area contributed by atoms with Gasteiger partial charge in [0.25, 0.3) is 0 Å². The lowest BCUT2D eigenvalue weighted by atomic mass is 10.1. The molecule has 0 bridgehead atoms. The van der Waals surface area contributed by atoms with Crippen LogP contribution in [0.2, 0.25) is 0 Å². The third-order valence-corrected chi connectivity index (χ3v) is 2.01. The molecule has 0 amide bonds. The third-order valence-electron chi connectivity index (χ3n) is 2.01. The van der Waals surface area contributed by atoms with Crippen molar-refractivity contribution in [3.8, 4) is 0 Å². The van der Waals surface area contributed by atoms with Crippen molar-refractivity contribution in [1.82, 2.24) is 5.32 Å². The molecule has 0 aromatic heterocycles. The molecule has 0 aliphatic rings. The van der Waals surface area contributed by atoms with Gasteiger partial charge in [0.05, 0.1) is 0 Å². The van der Waals surface area contributed by atoms with Crippen molar-refractivity contribution in [3.05, 3.63) is 34.9 Å². The van der Waals surface area contributed by atoms with Crippen LogP contribution in [0.25, 0.3) is 0 Å². The number of hydrogen-bond acceptors (Lipinski definition) is 1. The predicted molar refractivity (Wildman–Crippen MR) is 43.7 cm³/mol. The van der Waals surface area contributed by atoms with E-state index in [9.17, 15) is 17.6 Å². The fourth-order valence-corrected chi connectivity index (χ4v) is 1.12. The molecule has 78 valence electrons. The Morgan fingerprint density at radius 2 is 1.50 bits per heavy atom. The van der Waals surface area contributed by atoms with Gasteiger partial charge in [-0.1, -0.05) is 0 Å². The SMILES string of the molecule is CNC(C)c1c(F)c(F)cc(F)c1F. The first-order valence-corrected chi connectivity index (χ1v) is 3.99. The maximum absolute atomic E-state index is 13.1. The van der Waals surface area contributed by atoms with Gasteiger partial charge in [-0.3, -0.25) is 0 Å². The second-order valence-corrected chi connectivity index (χ2v) is 2.89. The quantitative estimate of drug-likeness (QED) is 0.580. The first kappa shape index (κ1) is 11.0. The molecule has 0 spiro atoms. The van der Waals surface area contributed by atoms with Gasteiger partial charge < -0.3 is 5.32 Å². The van der Waals surface area contributed by atoms with Crippen molar-refractivity contribution < 1.29 is 17.6 Å². The Bertz CT molecular complexity index is 325. The summed E-state index contributed by atoms with van der Waals surface area (Å²) < 4.78 is 51.5. The maximum atomic E-state index is 13.1. The lowest BCUT2D eigenvalue weighted by Crippen LogP contribution is -2.17. The highest BCUT2D eigenvalue weighted by Crippen LogP contribution is 2.24. The molecule has 1 nitrogen and oxygen atoms in total. The molecule has 0 radical (unpaired) electrons. The van der Waals surface area contributed by atoms with Gasteiger partial charge in [0.1, 0.15) is 0 Å². The number of rotatable bonds is 2. The fourth-order valence-electron chi connectivity index (χ4n) is 1.12. The van der Waals surface area contributed by atoms with Crippen LogP contribution in [0.15, 0.2) is 6.07 Å². The largest absolute Gasteiger partial charge is 0.313 e. The van der Waals surface area contributed by atoms with E-state index < -0.39 is 34.9 Å². The van der Waals surface area contributed by atoms with E-state index in [0.29, 0.717) is 0 Å². The zero-order valence-electron chi connectivity index (χ0n) is 7.67. The highest BCUT2D eigenvalue weighted by atomic mass is 19.2. The van der Waals surface area contributed by atoms with Crippen LogP contribution in [0.4, 0.5) is 17.6 Å². The molecule has 0 saturated heterocycles. The van der Waals surface area contributed by atoms with Crippen LogP contribution >= 0.6 is 0 Å². The lowest BCUT2D eigenvalue weighted by Gasteiger charge is -2.13. The molecule has 1 N–H and O–H groups in total. The molecule has 0 aliphatic heterocycles. The van der Waals surface area contributed by atoms with Gasteiger partial charge in [-0.25, -0.2) is 17.6 Å². The van der Waals surface area contributed by atoms with E-state index >= 15 is 0 Å². The van der Waals surface area contributed by atoms with E-state index in [0.717, 1.165) is 0 Å². The van der Waals surface area contributed by atoms with E-state index in [1.807, 2.05) is 0 Å². The first-order valence-electron chi connectivity index (χ1n) is 3.99. The van der Waals surface area contributed by atoms with Crippen molar-refractivity contribution in [3.63, 3.8) is 0 Å². The van der Waals surface area contributed by atoms with Crippen molar-refractivity contribution in [2.24, 2.45) is 0 Å². The van der Waals surface area contributed by atoms with Crippen LogP contribution in [-0.4, -0.2) is 7.05 Å². The standard InChI is InChI=1S/C9H9F4N/c1-4(14-2)7-8(12)5(10)3-6(11)9(7)13/h3-4,14H,1-2H3. The Morgan fingerprint density at radius 1 is 1.07 bits per heavy atom. The summed E-state index contributed by atoms with van der Waals surface area (Å²) in [4.78, 5) is 0. The van der Waals surface area contributed by atoms with Crippen LogP contribution in [0.3, 0.4) is 0 Å². The molecule has 1 atom stereocenters. The van der Waals surface area contributed by atoms with Crippen molar-refractivity contribution in [2.45, 2.75) is 13.0 Å². The Kier molecular flexibility index (Phi) is 3.10. The minimum absolute atomic E-state index is 0.191. The third kappa shape index (κ3) is 1.72. The molecule has 1 aromatic carbocycles. The summed E-state index contributed by atoms with van der Waals surface area (Å²) in [5, 5.41) is 2.50. The van der Waals surface area contributed by atoms with E-state index in [1.165, 1.54) is 14.0 Å². The van der Waals surface area contributed by atoms with E-state index in [1.54, 1.807) is 0 Å². The average molecular weight is 207 g/mol. The highest BCUT2D eigenvalue weighted by molar-refractivity contribution is 5.25. The summed E-state index contributed by atoms with van der Waals surface area (Å²) in [6, 6.07) is -0.600. The van der Waals surface area contributed by atoms with Crippen LogP contribution in [0.1, 0.15) is 18.5 Å². The predicted octanol–water partition coefficient (Wildman–Crippen LogP) is 2.52. The molecule has 1 rings (SSSR count). The summed E-state index contributed by atoms with van der Waals surface area (Å²) in [5.74, 6) is -5.49. The smallest absolute Gasteiger partial charge is 0.166 e. The normalized spacial score (nSPS) is 13.0. The molecule has 0 saturated carbocycles. The van der Waals surface area contributed by atoms with E-state index in [2.05, 4.69) is 5.32 Å². The number of benzene rings is 1. The Labute approximate surface area is 78.7 Å². The monoisotopic (exact) mass is 207 g/mol. The molecule has 0 heterocycles. The van der Waals surface area contributed by atoms with Gasteiger partial charge >= 0.3 is 0 Å². The number of nitrogens with one attached hydrogen (secondary N) is 1. The molecular formula is C9H9F4N. The van der Waals surface area contributed by atoms with Gasteiger partial charge in [-0.15, -0.1) is 0 Å². The van der Waals surface area contributed by atoms with Crippen LogP contribution < -0.4 is 5.32 Å². The molecule has 0 aliphatic carbocycles. The van der Waals surface area contributed by atoms with Crippen molar-refractivity contribution in [2.75, 3.05) is 7.05 Å². The fraction of sp³-hybridized carbons (Fsp3) is 0.333. The summed E-state index contributed by atoms with van der Waals surface area (Å²) in [6.45, 7) is 1.40. The second kappa shape index (κ2) is 3.96. The van der Waals surface area contributed by atoms with Crippen molar-refractivity contribution >= 4 is 0 Å². The number of hydrogen-bond donors (Lipinski definition) is 1. The van der Waals surface area contributed by atoms with Gasteiger partial charge in [0.15, 0.2) is 23.3 Å². The highest BCUT2D eigenvalue weighted by Gasteiger charge is 2.22. The van der Waals surface area contributed by atoms with Gasteiger partial charge in [-0.2, -0.15) is 0 Å². The van der Waals surface area contributed by atoms with Gasteiger partial charge in [0.2, 0.25) is 0 Å². The summed E-state index contributed by atoms with van der Waals surface area (Å²) >= 11 is 0. The molecule has 1 unspecified atom stereocenters. The van der Waals surface area contributed by atoms with Crippen LogP contribution in [0.5, 0.6) is 0 Å². The molecule has 0 fully saturated rings. The Morgan fingerprint density at radius 3 is 1.86 bits per heavy atom. The van der Waals surface area contributed by atoms with Crippen LogP contribution in [0, 0.1) is 23.3 Å². The minimum Gasteiger partial charge on any atom is -0.313 e. The van der Waals surface area contributed by atoms with Crippen molar-refractivity contribution in [1.29, 1.82) is 0 Å². The van der Waals surface area contributed by atoms with Gasteiger partial charge in [-0.05, 0) is 14.0 Å². The average Bonchev–Trinajstić information content (AvgIpc) is 2.15. The Hall–Kier alpha value is -1.10. The topological polar surface area (TPSA) is 12.0 Å². The zero-order valence-corrected chi connectivity index (χ0v) is 7.67.